The number of benzene rings is 1. The Hall–Kier alpha value is -1.75. The lowest BCUT2D eigenvalue weighted by molar-refractivity contribution is -0.136. The molecule has 1 aliphatic heterocycles. The van der Waals surface area contributed by atoms with Gasteiger partial charge >= 0.3 is 0 Å². The van der Waals surface area contributed by atoms with Crippen molar-refractivity contribution in [3.63, 3.8) is 0 Å². The molecule has 0 aromatic heterocycles. The maximum atomic E-state index is 12.5. The number of carbonyl (C=O) groups excluding carboxylic acids is 2. The summed E-state index contributed by atoms with van der Waals surface area (Å²) in [6.07, 6.45) is 1.27. The Morgan fingerprint density at radius 1 is 1.43 bits per heavy atom. The molecule has 1 aliphatic rings. The standard InChI is InChI=1S/C15H19ClN2O3/c1-9(2)14(18-7-3-4-13(18)20)15(21)17-11-6-5-10(16)8-12(11)19/h5-6,8-9,14,19H,3-4,7H2,1-2H3,(H,17,21)/t14-/m0/s1. The number of anilines is 1. The van der Waals surface area contributed by atoms with Crippen LogP contribution in [-0.4, -0.2) is 34.4 Å². The number of carbonyl (C=O) groups is 2. The largest absolute Gasteiger partial charge is 0.506 e. The minimum atomic E-state index is -0.532. The summed E-state index contributed by atoms with van der Waals surface area (Å²) in [6.45, 7) is 4.40. The van der Waals surface area contributed by atoms with Gasteiger partial charge in [0.15, 0.2) is 0 Å². The zero-order chi connectivity index (χ0) is 15.6. The van der Waals surface area contributed by atoms with Crippen LogP contribution in [0.3, 0.4) is 0 Å². The number of nitrogens with one attached hydrogen (secondary N) is 1. The Morgan fingerprint density at radius 3 is 2.67 bits per heavy atom. The normalized spacial score (nSPS) is 16.4. The third-order valence-electron chi connectivity index (χ3n) is 3.56. The molecule has 1 saturated heterocycles. The molecule has 1 atom stereocenters. The van der Waals surface area contributed by atoms with Gasteiger partial charge in [-0.25, -0.2) is 0 Å². The van der Waals surface area contributed by atoms with Crippen molar-refractivity contribution in [1.82, 2.24) is 4.90 Å². The molecule has 2 N–H and O–H groups in total. The highest BCUT2D eigenvalue weighted by atomic mass is 35.5. The van der Waals surface area contributed by atoms with Crippen LogP contribution in [0.2, 0.25) is 5.02 Å². The van der Waals surface area contributed by atoms with Crippen molar-refractivity contribution in [2.75, 3.05) is 11.9 Å². The zero-order valence-electron chi connectivity index (χ0n) is 12.1. The van der Waals surface area contributed by atoms with E-state index in [1.807, 2.05) is 13.8 Å². The van der Waals surface area contributed by atoms with Crippen molar-refractivity contribution >= 4 is 29.1 Å². The lowest BCUT2D eigenvalue weighted by Crippen LogP contribution is -2.47. The Balaban J connectivity index is 2.17. The molecule has 5 nitrogen and oxygen atoms in total. The highest BCUT2D eigenvalue weighted by Crippen LogP contribution is 2.28. The van der Waals surface area contributed by atoms with Crippen molar-refractivity contribution in [1.29, 1.82) is 0 Å². The molecule has 1 heterocycles. The van der Waals surface area contributed by atoms with Gasteiger partial charge in [-0.2, -0.15) is 0 Å². The number of nitrogens with zero attached hydrogens (tertiary/aromatic N) is 1. The second kappa shape index (κ2) is 6.35. The van der Waals surface area contributed by atoms with Gasteiger partial charge in [-0.3, -0.25) is 9.59 Å². The predicted octanol–water partition coefficient (Wildman–Crippen LogP) is 2.63. The summed E-state index contributed by atoms with van der Waals surface area (Å²) in [5.74, 6) is -0.394. The molecule has 2 rings (SSSR count). The van der Waals surface area contributed by atoms with Crippen LogP contribution in [0.1, 0.15) is 26.7 Å². The number of phenolic OH excluding ortho intramolecular Hbond substituents is 1. The number of phenols is 1. The average molecular weight is 311 g/mol. The van der Waals surface area contributed by atoms with Crippen molar-refractivity contribution in [3.8, 4) is 5.75 Å². The molecule has 21 heavy (non-hydrogen) atoms. The van der Waals surface area contributed by atoms with Gasteiger partial charge in [0.25, 0.3) is 0 Å². The SMILES string of the molecule is CC(C)[C@@H](C(=O)Nc1ccc(Cl)cc1O)N1CCCC1=O. The second-order valence-corrected chi connectivity index (χ2v) is 5.97. The summed E-state index contributed by atoms with van der Waals surface area (Å²) < 4.78 is 0. The van der Waals surface area contributed by atoms with Gasteiger partial charge in [-0.15, -0.1) is 0 Å². The fraction of sp³-hybridized carbons (Fsp3) is 0.467. The van der Waals surface area contributed by atoms with Crippen LogP contribution in [-0.2, 0) is 9.59 Å². The fourth-order valence-electron chi connectivity index (χ4n) is 2.58. The summed E-state index contributed by atoms with van der Waals surface area (Å²) in [6, 6.07) is 3.96. The van der Waals surface area contributed by atoms with Gasteiger partial charge in [0, 0.05) is 24.1 Å². The topological polar surface area (TPSA) is 69.6 Å². The first-order valence-corrected chi connectivity index (χ1v) is 7.37. The molecule has 0 radical (unpaired) electrons. The maximum absolute atomic E-state index is 12.5. The first-order chi connectivity index (χ1) is 9.90. The van der Waals surface area contributed by atoms with Gasteiger partial charge in [-0.1, -0.05) is 25.4 Å². The Labute approximate surface area is 128 Å². The molecular formula is C15H19ClN2O3. The van der Waals surface area contributed by atoms with Crippen molar-refractivity contribution in [3.05, 3.63) is 23.2 Å². The van der Waals surface area contributed by atoms with E-state index in [0.29, 0.717) is 23.7 Å². The number of halogens is 1. The van der Waals surface area contributed by atoms with Crippen LogP contribution in [0.25, 0.3) is 0 Å². The lowest BCUT2D eigenvalue weighted by atomic mass is 10.0. The molecule has 0 saturated carbocycles. The van der Waals surface area contributed by atoms with Crippen molar-refractivity contribution in [2.45, 2.75) is 32.7 Å². The molecule has 1 aromatic carbocycles. The highest BCUT2D eigenvalue weighted by molar-refractivity contribution is 6.30. The molecule has 0 bridgehead atoms. The van der Waals surface area contributed by atoms with E-state index in [2.05, 4.69) is 5.32 Å². The van der Waals surface area contributed by atoms with Crippen LogP contribution in [0, 0.1) is 5.92 Å². The Morgan fingerprint density at radius 2 is 2.14 bits per heavy atom. The number of aromatic hydroxyl groups is 1. The maximum Gasteiger partial charge on any atom is 0.247 e. The molecule has 1 fully saturated rings. The zero-order valence-corrected chi connectivity index (χ0v) is 12.9. The Bertz CT molecular complexity index is 560. The summed E-state index contributed by atoms with van der Waals surface area (Å²) in [5, 5.41) is 12.9. The van der Waals surface area contributed by atoms with Crippen LogP contribution in [0.15, 0.2) is 18.2 Å². The van der Waals surface area contributed by atoms with Crippen LogP contribution < -0.4 is 5.32 Å². The lowest BCUT2D eigenvalue weighted by Gasteiger charge is -2.29. The summed E-state index contributed by atoms with van der Waals surface area (Å²) in [4.78, 5) is 26.0. The van der Waals surface area contributed by atoms with E-state index in [0.717, 1.165) is 6.42 Å². The molecule has 0 aliphatic carbocycles. The van der Waals surface area contributed by atoms with Crippen molar-refractivity contribution < 1.29 is 14.7 Å². The van der Waals surface area contributed by atoms with Gasteiger partial charge in [-0.05, 0) is 24.5 Å². The first-order valence-electron chi connectivity index (χ1n) is 6.99. The molecule has 2 amide bonds. The first kappa shape index (κ1) is 15.6. The second-order valence-electron chi connectivity index (χ2n) is 5.53. The van der Waals surface area contributed by atoms with Crippen LogP contribution in [0.4, 0.5) is 5.69 Å². The number of rotatable bonds is 4. The van der Waals surface area contributed by atoms with Crippen LogP contribution in [0.5, 0.6) is 5.75 Å². The highest BCUT2D eigenvalue weighted by Gasteiger charge is 2.35. The third kappa shape index (κ3) is 3.47. The average Bonchev–Trinajstić information content (AvgIpc) is 2.79. The van der Waals surface area contributed by atoms with E-state index in [4.69, 9.17) is 11.6 Å². The molecule has 114 valence electrons. The Kier molecular flexibility index (Phi) is 4.73. The molecule has 6 heteroatoms. The van der Waals surface area contributed by atoms with Crippen LogP contribution >= 0.6 is 11.6 Å². The van der Waals surface area contributed by atoms with Crippen molar-refractivity contribution in [2.24, 2.45) is 5.92 Å². The minimum absolute atomic E-state index is 0.00387. The van der Waals surface area contributed by atoms with Gasteiger partial charge in [0.1, 0.15) is 11.8 Å². The van der Waals surface area contributed by atoms with Gasteiger partial charge in [0.2, 0.25) is 11.8 Å². The molecular weight excluding hydrogens is 292 g/mol. The number of likely N-dealkylation sites (tertiary alicyclic amines) is 1. The minimum Gasteiger partial charge on any atom is -0.506 e. The van der Waals surface area contributed by atoms with E-state index in [-0.39, 0.29) is 23.5 Å². The fourth-order valence-corrected chi connectivity index (χ4v) is 2.75. The number of hydrogen-bond donors (Lipinski definition) is 2. The van der Waals surface area contributed by atoms with E-state index in [1.54, 1.807) is 17.0 Å². The molecule has 1 aromatic rings. The summed E-state index contributed by atoms with van der Waals surface area (Å²) in [5.41, 5.74) is 0.293. The molecule has 0 unspecified atom stereocenters. The summed E-state index contributed by atoms with van der Waals surface area (Å²) in [7, 11) is 0. The van der Waals surface area contributed by atoms with E-state index < -0.39 is 6.04 Å². The van der Waals surface area contributed by atoms with Gasteiger partial charge < -0.3 is 15.3 Å². The van der Waals surface area contributed by atoms with E-state index in [1.165, 1.54) is 6.07 Å². The number of amides is 2. The summed E-state index contributed by atoms with van der Waals surface area (Å²) >= 11 is 5.76. The smallest absolute Gasteiger partial charge is 0.247 e. The quantitative estimate of drug-likeness (QED) is 0.840. The third-order valence-corrected chi connectivity index (χ3v) is 3.80. The van der Waals surface area contributed by atoms with Gasteiger partial charge in [0.05, 0.1) is 5.69 Å². The predicted molar refractivity (Wildman–Crippen MR) is 81.3 cm³/mol. The molecule has 0 spiro atoms. The monoisotopic (exact) mass is 310 g/mol. The number of hydrogen-bond acceptors (Lipinski definition) is 3. The van der Waals surface area contributed by atoms with E-state index >= 15 is 0 Å². The van der Waals surface area contributed by atoms with E-state index in [9.17, 15) is 14.7 Å².